The molecule has 1 aromatic carbocycles. The number of likely N-dealkylation sites (N-methyl/N-ethyl adjacent to an activating group) is 1. The van der Waals surface area contributed by atoms with E-state index in [0.717, 1.165) is 11.4 Å². The Morgan fingerprint density at radius 1 is 1.32 bits per heavy atom. The predicted molar refractivity (Wildman–Crippen MR) is 108 cm³/mol. The van der Waals surface area contributed by atoms with Crippen molar-refractivity contribution in [2.45, 2.75) is 20.8 Å². The number of nitrogens with zero attached hydrogens (tertiary/aromatic N) is 2. The average Bonchev–Trinajstić information content (AvgIpc) is 2.93. The second kappa shape index (κ2) is 9.45. The SMILES string of the molecule is CCNC(=O)COC(=O)/C(C#N)=C/c1cc(C)n(-c2cccc(Cl)c2Cl)c1C. The molecular formula is C20H19Cl2N3O3. The second-order valence-electron chi connectivity index (χ2n) is 5.93. The lowest BCUT2D eigenvalue weighted by Gasteiger charge is -2.12. The summed E-state index contributed by atoms with van der Waals surface area (Å²) in [6.45, 7) is 5.45. The topological polar surface area (TPSA) is 84.1 Å². The Morgan fingerprint density at radius 3 is 2.68 bits per heavy atom. The number of ether oxygens (including phenoxy) is 1. The molecule has 0 spiro atoms. The molecule has 0 saturated carbocycles. The van der Waals surface area contributed by atoms with Crippen molar-refractivity contribution in [3.63, 3.8) is 0 Å². The zero-order valence-electron chi connectivity index (χ0n) is 15.7. The van der Waals surface area contributed by atoms with Crippen LogP contribution in [-0.4, -0.2) is 29.6 Å². The van der Waals surface area contributed by atoms with Crippen molar-refractivity contribution in [1.29, 1.82) is 5.26 Å². The highest BCUT2D eigenvalue weighted by molar-refractivity contribution is 6.43. The summed E-state index contributed by atoms with van der Waals surface area (Å²) in [5.74, 6) is -1.29. The summed E-state index contributed by atoms with van der Waals surface area (Å²) >= 11 is 12.4. The summed E-state index contributed by atoms with van der Waals surface area (Å²) in [4.78, 5) is 23.5. The molecule has 28 heavy (non-hydrogen) atoms. The number of amides is 1. The summed E-state index contributed by atoms with van der Waals surface area (Å²) in [6, 6.07) is 8.95. The Balaban J connectivity index is 2.35. The van der Waals surface area contributed by atoms with Crippen molar-refractivity contribution in [2.75, 3.05) is 13.2 Å². The Kier molecular flexibility index (Phi) is 7.27. The summed E-state index contributed by atoms with van der Waals surface area (Å²) in [6.07, 6.45) is 1.43. The van der Waals surface area contributed by atoms with Crippen LogP contribution >= 0.6 is 23.2 Å². The third-order valence-electron chi connectivity index (χ3n) is 3.99. The monoisotopic (exact) mass is 419 g/mol. The maximum atomic E-state index is 12.1. The smallest absolute Gasteiger partial charge is 0.349 e. The van der Waals surface area contributed by atoms with E-state index >= 15 is 0 Å². The van der Waals surface area contributed by atoms with Gasteiger partial charge in [-0.15, -0.1) is 0 Å². The number of nitrogens with one attached hydrogen (secondary N) is 1. The first-order chi connectivity index (χ1) is 13.3. The van der Waals surface area contributed by atoms with Gasteiger partial charge in [0, 0.05) is 17.9 Å². The van der Waals surface area contributed by atoms with E-state index in [4.69, 9.17) is 27.9 Å². The van der Waals surface area contributed by atoms with Crippen molar-refractivity contribution < 1.29 is 14.3 Å². The molecule has 1 N–H and O–H groups in total. The maximum absolute atomic E-state index is 12.1. The van der Waals surface area contributed by atoms with E-state index in [0.29, 0.717) is 27.8 Å². The molecular weight excluding hydrogens is 401 g/mol. The van der Waals surface area contributed by atoms with Crippen LogP contribution in [0.2, 0.25) is 10.0 Å². The van der Waals surface area contributed by atoms with E-state index in [2.05, 4.69) is 5.32 Å². The molecule has 1 heterocycles. The molecule has 0 aliphatic heterocycles. The maximum Gasteiger partial charge on any atom is 0.349 e. The van der Waals surface area contributed by atoms with Crippen molar-refractivity contribution >= 4 is 41.2 Å². The molecule has 0 unspecified atom stereocenters. The van der Waals surface area contributed by atoms with E-state index < -0.39 is 18.5 Å². The summed E-state index contributed by atoms with van der Waals surface area (Å²) in [5.41, 5.74) is 2.76. The van der Waals surface area contributed by atoms with Crippen molar-refractivity contribution in [3.05, 3.63) is 56.8 Å². The number of aryl methyl sites for hydroxylation is 1. The van der Waals surface area contributed by atoms with Crippen molar-refractivity contribution in [3.8, 4) is 11.8 Å². The van der Waals surface area contributed by atoms with Gasteiger partial charge >= 0.3 is 5.97 Å². The first-order valence-electron chi connectivity index (χ1n) is 8.49. The third-order valence-corrected chi connectivity index (χ3v) is 4.80. The molecule has 0 aliphatic rings. The Labute approximate surface area is 173 Å². The second-order valence-corrected chi connectivity index (χ2v) is 6.72. The van der Waals surface area contributed by atoms with Gasteiger partial charge in [0.2, 0.25) is 0 Å². The molecule has 0 saturated heterocycles. The molecule has 0 fully saturated rings. The predicted octanol–water partition coefficient (Wildman–Crippen LogP) is 3.99. The van der Waals surface area contributed by atoms with Crippen LogP contribution in [0, 0.1) is 25.2 Å². The van der Waals surface area contributed by atoms with Gasteiger partial charge in [0.15, 0.2) is 6.61 Å². The van der Waals surface area contributed by atoms with Crippen molar-refractivity contribution in [2.24, 2.45) is 0 Å². The average molecular weight is 420 g/mol. The number of hydrogen-bond donors (Lipinski definition) is 1. The van der Waals surface area contributed by atoms with Gasteiger partial charge in [-0.05, 0) is 50.6 Å². The number of carbonyl (C=O) groups excluding carboxylic acids is 2. The van der Waals surface area contributed by atoms with E-state index in [-0.39, 0.29) is 5.57 Å². The largest absolute Gasteiger partial charge is 0.451 e. The first kappa shape index (κ1) is 21.5. The number of aromatic nitrogens is 1. The number of halogens is 2. The van der Waals surface area contributed by atoms with E-state index in [9.17, 15) is 14.9 Å². The molecule has 146 valence electrons. The van der Waals surface area contributed by atoms with Crippen LogP contribution in [0.25, 0.3) is 11.8 Å². The van der Waals surface area contributed by atoms with Crippen LogP contribution in [0.1, 0.15) is 23.9 Å². The van der Waals surface area contributed by atoms with E-state index in [1.807, 2.05) is 36.6 Å². The van der Waals surface area contributed by atoms with Crippen LogP contribution < -0.4 is 5.32 Å². The fourth-order valence-corrected chi connectivity index (χ4v) is 3.10. The van der Waals surface area contributed by atoms with Gasteiger partial charge < -0.3 is 14.6 Å². The zero-order valence-corrected chi connectivity index (χ0v) is 17.2. The van der Waals surface area contributed by atoms with Crippen LogP contribution in [0.5, 0.6) is 0 Å². The molecule has 0 radical (unpaired) electrons. The summed E-state index contributed by atoms with van der Waals surface area (Å²) in [7, 11) is 0. The number of rotatable bonds is 6. The standard InChI is InChI=1S/C20H19Cl2N3O3/c1-4-24-18(26)11-28-20(27)15(10-23)9-14-8-12(2)25(13(14)3)17-7-5-6-16(21)19(17)22/h5-9H,4,11H2,1-3H3,(H,24,26)/b15-9+. The van der Waals surface area contributed by atoms with Crippen LogP contribution in [0.4, 0.5) is 0 Å². The Bertz CT molecular complexity index is 987. The quantitative estimate of drug-likeness (QED) is 0.435. The highest BCUT2D eigenvalue weighted by Crippen LogP contribution is 2.32. The lowest BCUT2D eigenvalue weighted by atomic mass is 10.1. The first-order valence-corrected chi connectivity index (χ1v) is 9.24. The molecule has 8 heteroatoms. The molecule has 6 nitrogen and oxygen atoms in total. The number of benzene rings is 1. The van der Waals surface area contributed by atoms with Crippen LogP contribution in [0.15, 0.2) is 29.8 Å². The highest BCUT2D eigenvalue weighted by atomic mass is 35.5. The van der Waals surface area contributed by atoms with Gasteiger partial charge in [0.05, 0.1) is 15.7 Å². The molecule has 2 rings (SSSR count). The zero-order chi connectivity index (χ0) is 20.8. The number of esters is 1. The van der Waals surface area contributed by atoms with Crippen molar-refractivity contribution in [1.82, 2.24) is 9.88 Å². The fourth-order valence-electron chi connectivity index (χ4n) is 2.72. The molecule has 0 bridgehead atoms. The van der Waals surface area contributed by atoms with Gasteiger partial charge in [-0.25, -0.2) is 4.79 Å². The van der Waals surface area contributed by atoms with Crippen LogP contribution in [0.3, 0.4) is 0 Å². The normalized spacial score (nSPS) is 11.1. The molecule has 1 aromatic heterocycles. The van der Waals surface area contributed by atoms with Crippen LogP contribution in [-0.2, 0) is 14.3 Å². The lowest BCUT2D eigenvalue weighted by molar-refractivity contribution is -0.144. The Hall–Kier alpha value is -2.75. The van der Waals surface area contributed by atoms with Gasteiger partial charge in [-0.1, -0.05) is 29.3 Å². The molecule has 0 aliphatic carbocycles. The minimum absolute atomic E-state index is 0.207. The van der Waals surface area contributed by atoms with E-state index in [1.165, 1.54) is 6.08 Å². The van der Waals surface area contributed by atoms with E-state index in [1.54, 1.807) is 19.1 Å². The molecule has 2 aromatic rings. The molecule has 0 atom stereocenters. The highest BCUT2D eigenvalue weighted by Gasteiger charge is 2.17. The number of hydrogen-bond acceptors (Lipinski definition) is 4. The Morgan fingerprint density at radius 2 is 2.04 bits per heavy atom. The lowest BCUT2D eigenvalue weighted by Crippen LogP contribution is -2.28. The minimum Gasteiger partial charge on any atom is -0.451 e. The van der Waals surface area contributed by atoms with Gasteiger partial charge in [0.25, 0.3) is 5.91 Å². The summed E-state index contributed by atoms with van der Waals surface area (Å²) in [5, 5.41) is 12.7. The molecule has 1 amide bonds. The number of nitriles is 1. The minimum atomic E-state index is -0.862. The van der Waals surface area contributed by atoms with Gasteiger partial charge in [0.1, 0.15) is 11.6 Å². The summed E-state index contributed by atoms with van der Waals surface area (Å²) < 4.78 is 6.77. The number of carbonyl (C=O) groups is 2. The van der Waals surface area contributed by atoms with Gasteiger partial charge in [-0.3, -0.25) is 4.79 Å². The fraction of sp³-hybridized carbons (Fsp3) is 0.250. The van der Waals surface area contributed by atoms with Gasteiger partial charge in [-0.2, -0.15) is 5.26 Å². The third kappa shape index (κ3) is 4.75.